The minimum Gasteiger partial charge on any atom is -0.348 e. The zero-order valence-electron chi connectivity index (χ0n) is 19.3. The molecule has 0 saturated heterocycles. The van der Waals surface area contributed by atoms with Crippen molar-refractivity contribution in [1.82, 2.24) is 4.90 Å². The van der Waals surface area contributed by atoms with Gasteiger partial charge in [0.15, 0.2) is 0 Å². The van der Waals surface area contributed by atoms with Crippen LogP contribution in [0.5, 0.6) is 0 Å². The van der Waals surface area contributed by atoms with Gasteiger partial charge in [-0.1, -0.05) is 68.3 Å². The molecule has 28 heavy (non-hydrogen) atoms. The van der Waals surface area contributed by atoms with Crippen LogP contribution in [0.4, 0.5) is 0 Å². The molecular formula is C26H40ClN. The Bertz CT molecular complexity index is 698. The van der Waals surface area contributed by atoms with Crippen LogP contribution in [0.15, 0.2) is 69.6 Å². The molecule has 2 heteroatoms. The van der Waals surface area contributed by atoms with Gasteiger partial charge in [-0.05, 0) is 77.0 Å². The van der Waals surface area contributed by atoms with Gasteiger partial charge in [-0.2, -0.15) is 0 Å². The molecule has 1 unspecified atom stereocenters. The SMILES string of the molecule is C/C=C\C=C(\Cl)C(C)C1=C(C(/C=C\C)=C/C)CCC/C(=C(\C)C(C)C)N1CC. The van der Waals surface area contributed by atoms with Gasteiger partial charge in [-0.15, -0.1) is 0 Å². The third-order valence-electron chi connectivity index (χ3n) is 5.68. The quantitative estimate of drug-likeness (QED) is 0.386. The maximum Gasteiger partial charge on any atom is 0.0325 e. The molecule has 1 aliphatic heterocycles. The number of nitrogens with zero attached hydrogens (tertiary/aromatic N) is 1. The van der Waals surface area contributed by atoms with E-state index in [0.717, 1.165) is 24.4 Å². The van der Waals surface area contributed by atoms with Gasteiger partial charge in [0.1, 0.15) is 0 Å². The minimum atomic E-state index is 0.154. The maximum absolute atomic E-state index is 6.79. The van der Waals surface area contributed by atoms with Crippen LogP contribution in [0.2, 0.25) is 0 Å². The topological polar surface area (TPSA) is 3.24 Å². The molecule has 1 heterocycles. The van der Waals surface area contributed by atoms with Crippen molar-refractivity contribution in [2.24, 2.45) is 11.8 Å². The molecule has 0 amide bonds. The summed E-state index contributed by atoms with van der Waals surface area (Å²) < 4.78 is 0. The smallest absolute Gasteiger partial charge is 0.0325 e. The largest absolute Gasteiger partial charge is 0.348 e. The lowest BCUT2D eigenvalue weighted by Gasteiger charge is -2.35. The molecule has 0 bridgehead atoms. The highest BCUT2D eigenvalue weighted by Crippen LogP contribution is 2.40. The first kappa shape index (κ1) is 24.6. The number of allylic oxidation sites excluding steroid dienone is 11. The van der Waals surface area contributed by atoms with Crippen molar-refractivity contribution in [2.45, 2.75) is 74.7 Å². The molecule has 1 rings (SSSR count). The van der Waals surface area contributed by atoms with Gasteiger partial charge in [0, 0.05) is 28.9 Å². The van der Waals surface area contributed by atoms with Gasteiger partial charge in [0.2, 0.25) is 0 Å². The zero-order chi connectivity index (χ0) is 21.3. The number of hydrogen-bond acceptors (Lipinski definition) is 1. The second kappa shape index (κ2) is 12.2. The van der Waals surface area contributed by atoms with Crippen LogP contribution in [-0.4, -0.2) is 11.4 Å². The van der Waals surface area contributed by atoms with E-state index in [1.54, 1.807) is 0 Å². The Morgan fingerprint density at radius 2 is 1.79 bits per heavy atom. The van der Waals surface area contributed by atoms with Gasteiger partial charge in [0.05, 0.1) is 0 Å². The predicted octanol–water partition coefficient (Wildman–Crippen LogP) is 8.53. The van der Waals surface area contributed by atoms with Crippen LogP contribution >= 0.6 is 11.6 Å². The normalized spacial score (nSPS) is 20.6. The van der Waals surface area contributed by atoms with Crippen LogP contribution in [-0.2, 0) is 0 Å². The fourth-order valence-corrected chi connectivity index (χ4v) is 4.09. The van der Waals surface area contributed by atoms with Gasteiger partial charge in [-0.3, -0.25) is 0 Å². The standard InChI is InChI=1S/C26H40ClN/c1-9-13-17-24(27)21(8)26-23(22(11-3)15-10-2)16-14-18-25(28(26)12-4)20(7)19(5)6/h9-11,13,15,17,19,21H,12,14,16,18H2,1-8H3/b13-9-,15-10-,22-11+,24-17+,25-20-. The van der Waals surface area contributed by atoms with Crippen molar-refractivity contribution < 1.29 is 0 Å². The summed E-state index contributed by atoms with van der Waals surface area (Å²) in [5, 5.41) is 0.892. The van der Waals surface area contributed by atoms with E-state index >= 15 is 0 Å². The first-order valence-corrected chi connectivity index (χ1v) is 11.2. The second-order valence-corrected chi connectivity index (χ2v) is 8.23. The fourth-order valence-electron chi connectivity index (χ4n) is 3.91. The Labute approximate surface area is 179 Å². The Morgan fingerprint density at radius 3 is 2.29 bits per heavy atom. The van der Waals surface area contributed by atoms with Gasteiger partial charge >= 0.3 is 0 Å². The summed E-state index contributed by atoms with van der Waals surface area (Å²) in [5.41, 5.74) is 7.11. The van der Waals surface area contributed by atoms with Crippen molar-refractivity contribution in [2.75, 3.05) is 6.54 Å². The molecule has 0 aromatic rings. The lowest BCUT2D eigenvalue weighted by molar-refractivity contribution is 0.390. The molecule has 0 aromatic heterocycles. The summed E-state index contributed by atoms with van der Waals surface area (Å²) in [4.78, 5) is 2.56. The van der Waals surface area contributed by atoms with Crippen molar-refractivity contribution in [3.8, 4) is 0 Å². The van der Waals surface area contributed by atoms with E-state index in [0.29, 0.717) is 5.92 Å². The van der Waals surface area contributed by atoms with Crippen LogP contribution in [0.25, 0.3) is 0 Å². The zero-order valence-corrected chi connectivity index (χ0v) is 20.0. The summed E-state index contributed by atoms with van der Waals surface area (Å²) in [6, 6.07) is 0. The minimum absolute atomic E-state index is 0.154. The summed E-state index contributed by atoms with van der Waals surface area (Å²) >= 11 is 6.79. The Balaban J connectivity index is 3.78. The highest BCUT2D eigenvalue weighted by atomic mass is 35.5. The van der Waals surface area contributed by atoms with Crippen molar-refractivity contribution in [1.29, 1.82) is 0 Å². The molecule has 1 aliphatic rings. The van der Waals surface area contributed by atoms with Crippen LogP contribution in [0, 0.1) is 11.8 Å². The average molecular weight is 402 g/mol. The lowest BCUT2D eigenvalue weighted by atomic mass is 9.92. The maximum atomic E-state index is 6.79. The molecule has 156 valence electrons. The Kier molecular flexibility index (Phi) is 10.7. The van der Waals surface area contributed by atoms with Crippen LogP contribution < -0.4 is 0 Å². The van der Waals surface area contributed by atoms with Gasteiger partial charge in [-0.25, -0.2) is 0 Å². The monoisotopic (exact) mass is 401 g/mol. The van der Waals surface area contributed by atoms with E-state index in [9.17, 15) is 0 Å². The predicted molar refractivity (Wildman–Crippen MR) is 127 cm³/mol. The highest BCUT2D eigenvalue weighted by Gasteiger charge is 2.28. The van der Waals surface area contributed by atoms with E-state index in [4.69, 9.17) is 11.6 Å². The summed E-state index contributed by atoms with van der Waals surface area (Å²) in [7, 11) is 0. The lowest BCUT2D eigenvalue weighted by Crippen LogP contribution is -2.28. The second-order valence-electron chi connectivity index (χ2n) is 7.79. The van der Waals surface area contributed by atoms with Crippen molar-refractivity contribution in [3.05, 3.63) is 69.6 Å². The molecule has 0 fully saturated rings. The first-order valence-electron chi connectivity index (χ1n) is 10.8. The molecule has 1 atom stereocenters. The van der Waals surface area contributed by atoms with E-state index in [1.807, 2.05) is 25.2 Å². The summed E-state index contributed by atoms with van der Waals surface area (Å²) in [5.74, 6) is 0.703. The third-order valence-corrected chi connectivity index (χ3v) is 6.13. The molecule has 0 aromatic carbocycles. The van der Waals surface area contributed by atoms with E-state index < -0.39 is 0 Å². The molecule has 0 aliphatic carbocycles. The average Bonchev–Trinajstić information content (AvgIpc) is 2.88. The first-order chi connectivity index (χ1) is 13.3. The van der Waals surface area contributed by atoms with E-state index in [1.165, 1.54) is 34.5 Å². The molecule has 0 radical (unpaired) electrons. The number of halogens is 1. The fraction of sp³-hybridized carbons (Fsp3) is 0.538. The Hall–Kier alpha value is -1.47. The highest BCUT2D eigenvalue weighted by molar-refractivity contribution is 6.30. The molecule has 1 nitrogen and oxygen atoms in total. The molecule has 0 saturated carbocycles. The van der Waals surface area contributed by atoms with Crippen LogP contribution in [0.3, 0.4) is 0 Å². The van der Waals surface area contributed by atoms with Crippen molar-refractivity contribution in [3.63, 3.8) is 0 Å². The van der Waals surface area contributed by atoms with E-state index in [2.05, 4.69) is 71.6 Å². The summed E-state index contributed by atoms with van der Waals surface area (Å²) in [6.45, 7) is 18.6. The summed E-state index contributed by atoms with van der Waals surface area (Å²) in [6.07, 6.45) is 16.1. The molecular weight excluding hydrogens is 362 g/mol. The van der Waals surface area contributed by atoms with Gasteiger partial charge in [0.25, 0.3) is 0 Å². The van der Waals surface area contributed by atoms with Crippen LogP contribution in [0.1, 0.15) is 74.7 Å². The van der Waals surface area contributed by atoms with Gasteiger partial charge < -0.3 is 4.90 Å². The number of hydrogen-bond donors (Lipinski definition) is 0. The van der Waals surface area contributed by atoms with E-state index in [-0.39, 0.29) is 5.92 Å². The Morgan fingerprint density at radius 1 is 1.11 bits per heavy atom. The molecule has 0 N–H and O–H groups in total. The van der Waals surface area contributed by atoms with Crippen molar-refractivity contribution >= 4 is 11.6 Å². The molecule has 0 spiro atoms. The third kappa shape index (κ3) is 6.01. The number of rotatable bonds is 7.